The lowest BCUT2D eigenvalue weighted by atomic mass is 10.0. The molecule has 1 aromatic rings. The summed E-state index contributed by atoms with van der Waals surface area (Å²) < 4.78 is 1.83. The molecule has 3 nitrogen and oxygen atoms in total. The van der Waals surface area contributed by atoms with E-state index >= 15 is 0 Å². The van der Waals surface area contributed by atoms with Crippen molar-refractivity contribution in [1.82, 2.24) is 9.78 Å². The fraction of sp³-hybridized carbons (Fsp3) is 0.625. The minimum atomic E-state index is 0.420. The van der Waals surface area contributed by atoms with Gasteiger partial charge in [-0.15, -0.1) is 0 Å². The maximum atomic E-state index is 5.55. The number of nitrogens with two attached hydrogens (primary N) is 1. The summed E-state index contributed by atoms with van der Waals surface area (Å²) in [5.41, 5.74) is 7.89. The van der Waals surface area contributed by atoms with E-state index in [0.717, 1.165) is 5.69 Å². The molecule has 11 heavy (non-hydrogen) atoms. The van der Waals surface area contributed by atoms with Crippen LogP contribution in [0.25, 0.3) is 0 Å². The summed E-state index contributed by atoms with van der Waals surface area (Å²) >= 11 is 0. The first-order valence-corrected chi connectivity index (χ1v) is 3.85. The molecule has 0 aliphatic carbocycles. The van der Waals surface area contributed by atoms with E-state index in [0.29, 0.717) is 12.5 Å². The second kappa shape index (κ2) is 3.05. The molecule has 0 aliphatic rings. The lowest BCUT2D eigenvalue weighted by Gasteiger charge is -2.04. The molecule has 0 bridgehead atoms. The van der Waals surface area contributed by atoms with Crippen LogP contribution in [0.1, 0.15) is 24.1 Å². The van der Waals surface area contributed by atoms with Crippen LogP contribution in [0, 0.1) is 6.92 Å². The van der Waals surface area contributed by atoms with Crippen molar-refractivity contribution >= 4 is 0 Å². The van der Waals surface area contributed by atoms with Crippen molar-refractivity contribution < 1.29 is 0 Å². The number of rotatable bonds is 2. The highest BCUT2D eigenvalue weighted by atomic mass is 15.2. The summed E-state index contributed by atoms with van der Waals surface area (Å²) in [6.07, 6.45) is 2.03. The zero-order valence-electron chi connectivity index (χ0n) is 7.33. The Kier molecular flexibility index (Phi) is 2.29. The molecule has 3 heteroatoms. The Morgan fingerprint density at radius 3 is 2.73 bits per heavy atom. The van der Waals surface area contributed by atoms with Crippen LogP contribution in [0.2, 0.25) is 0 Å². The summed E-state index contributed by atoms with van der Waals surface area (Å²) in [7, 11) is 1.93. The van der Waals surface area contributed by atoms with Crippen LogP contribution in [0.3, 0.4) is 0 Å². The summed E-state index contributed by atoms with van der Waals surface area (Å²) in [5, 5.41) is 4.24. The van der Waals surface area contributed by atoms with Gasteiger partial charge >= 0.3 is 0 Å². The predicted molar refractivity (Wildman–Crippen MR) is 45.4 cm³/mol. The van der Waals surface area contributed by atoms with E-state index in [2.05, 4.69) is 12.0 Å². The standard InChI is InChI=1S/C8H15N3/c1-6(4-9)8-5-11(3)10-7(8)2/h5-6H,4,9H2,1-3H3. The number of aromatic nitrogens is 2. The molecule has 0 amide bonds. The van der Waals surface area contributed by atoms with Crippen LogP contribution in [-0.2, 0) is 7.05 Å². The van der Waals surface area contributed by atoms with Gasteiger partial charge < -0.3 is 5.73 Å². The molecule has 0 saturated carbocycles. The normalized spacial score (nSPS) is 13.5. The van der Waals surface area contributed by atoms with E-state index in [1.54, 1.807) is 0 Å². The third-order valence-electron chi connectivity index (χ3n) is 1.94. The van der Waals surface area contributed by atoms with Gasteiger partial charge in [-0.2, -0.15) is 5.10 Å². The molecule has 1 heterocycles. The number of hydrogen-bond donors (Lipinski definition) is 1. The van der Waals surface area contributed by atoms with E-state index in [-0.39, 0.29) is 0 Å². The third kappa shape index (κ3) is 1.60. The minimum absolute atomic E-state index is 0.420. The average Bonchev–Trinajstić information content (AvgIpc) is 2.28. The van der Waals surface area contributed by atoms with Crippen LogP contribution in [-0.4, -0.2) is 16.3 Å². The van der Waals surface area contributed by atoms with Crippen molar-refractivity contribution in [1.29, 1.82) is 0 Å². The Morgan fingerprint density at radius 1 is 1.73 bits per heavy atom. The minimum Gasteiger partial charge on any atom is -0.330 e. The highest BCUT2D eigenvalue weighted by molar-refractivity contribution is 5.19. The highest BCUT2D eigenvalue weighted by Gasteiger charge is 2.08. The molecular weight excluding hydrogens is 138 g/mol. The van der Waals surface area contributed by atoms with Gasteiger partial charge in [0, 0.05) is 13.2 Å². The van der Waals surface area contributed by atoms with Gasteiger partial charge in [-0.1, -0.05) is 6.92 Å². The van der Waals surface area contributed by atoms with Crippen LogP contribution in [0.5, 0.6) is 0 Å². The fourth-order valence-electron chi connectivity index (χ4n) is 1.23. The molecular formula is C8H15N3. The van der Waals surface area contributed by atoms with Crippen molar-refractivity contribution in [2.45, 2.75) is 19.8 Å². The summed E-state index contributed by atoms with van der Waals surface area (Å²) in [6.45, 7) is 4.82. The molecule has 0 saturated heterocycles. The SMILES string of the molecule is Cc1nn(C)cc1C(C)CN. The van der Waals surface area contributed by atoms with Crippen molar-refractivity contribution in [2.75, 3.05) is 6.54 Å². The molecule has 2 N–H and O–H groups in total. The third-order valence-corrected chi connectivity index (χ3v) is 1.94. The maximum Gasteiger partial charge on any atom is 0.0628 e. The molecule has 0 radical (unpaired) electrons. The number of aryl methyl sites for hydroxylation is 2. The number of hydrogen-bond acceptors (Lipinski definition) is 2. The van der Waals surface area contributed by atoms with E-state index in [1.807, 2.05) is 24.9 Å². The zero-order valence-corrected chi connectivity index (χ0v) is 7.33. The second-order valence-corrected chi connectivity index (χ2v) is 2.98. The Balaban J connectivity index is 2.93. The first-order chi connectivity index (χ1) is 5.15. The molecule has 1 rings (SSSR count). The second-order valence-electron chi connectivity index (χ2n) is 2.98. The average molecular weight is 153 g/mol. The van der Waals surface area contributed by atoms with Crippen molar-refractivity contribution in [3.8, 4) is 0 Å². The molecule has 1 atom stereocenters. The van der Waals surface area contributed by atoms with Gasteiger partial charge in [-0.3, -0.25) is 4.68 Å². The van der Waals surface area contributed by atoms with Crippen LogP contribution in [0.4, 0.5) is 0 Å². The molecule has 1 unspecified atom stereocenters. The van der Waals surface area contributed by atoms with Crippen LogP contribution < -0.4 is 5.73 Å². The zero-order chi connectivity index (χ0) is 8.43. The topological polar surface area (TPSA) is 43.8 Å². The molecule has 1 aromatic heterocycles. The Labute approximate surface area is 67.2 Å². The van der Waals surface area contributed by atoms with Crippen molar-refractivity contribution in [2.24, 2.45) is 12.8 Å². The van der Waals surface area contributed by atoms with Gasteiger partial charge in [0.2, 0.25) is 0 Å². The first-order valence-electron chi connectivity index (χ1n) is 3.85. The molecule has 0 fully saturated rings. The van der Waals surface area contributed by atoms with Gasteiger partial charge in [0.05, 0.1) is 5.69 Å². The summed E-state index contributed by atoms with van der Waals surface area (Å²) in [6, 6.07) is 0. The quantitative estimate of drug-likeness (QED) is 0.682. The van der Waals surface area contributed by atoms with E-state index < -0.39 is 0 Å². The molecule has 0 aromatic carbocycles. The van der Waals surface area contributed by atoms with Gasteiger partial charge in [0.25, 0.3) is 0 Å². The molecule has 62 valence electrons. The lowest BCUT2D eigenvalue weighted by molar-refractivity contribution is 0.752. The lowest BCUT2D eigenvalue weighted by Crippen LogP contribution is -2.09. The van der Waals surface area contributed by atoms with E-state index in [9.17, 15) is 0 Å². The van der Waals surface area contributed by atoms with Crippen LogP contribution in [0.15, 0.2) is 6.20 Å². The Morgan fingerprint density at radius 2 is 2.36 bits per heavy atom. The van der Waals surface area contributed by atoms with E-state index in [4.69, 9.17) is 5.73 Å². The van der Waals surface area contributed by atoms with Gasteiger partial charge in [-0.05, 0) is 24.9 Å². The van der Waals surface area contributed by atoms with Crippen LogP contribution >= 0.6 is 0 Å². The van der Waals surface area contributed by atoms with Gasteiger partial charge in [0.15, 0.2) is 0 Å². The smallest absolute Gasteiger partial charge is 0.0628 e. The maximum absolute atomic E-state index is 5.55. The highest BCUT2D eigenvalue weighted by Crippen LogP contribution is 2.15. The fourth-order valence-corrected chi connectivity index (χ4v) is 1.23. The summed E-state index contributed by atoms with van der Waals surface area (Å²) in [5.74, 6) is 0.420. The first kappa shape index (κ1) is 8.27. The summed E-state index contributed by atoms with van der Waals surface area (Å²) in [4.78, 5) is 0. The molecule has 0 aliphatic heterocycles. The van der Waals surface area contributed by atoms with Gasteiger partial charge in [0.1, 0.15) is 0 Å². The van der Waals surface area contributed by atoms with Gasteiger partial charge in [-0.25, -0.2) is 0 Å². The predicted octanol–water partition coefficient (Wildman–Crippen LogP) is 0.791. The molecule has 0 spiro atoms. The monoisotopic (exact) mass is 153 g/mol. The van der Waals surface area contributed by atoms with Crippen molar-refractivity contribution in [3.05, 3.63) is 17.5 Å². The Hall–Kier alpha value is -0.830. The number of nitrogens with zero attached hydrogens (tertiary/aromatic N) is 2. The van der Waals surface area contributed by atoms with Crippen molar-refractivity contribution in [3.63, 3.8) is 0 Å². The largest absolute Gasteiger partial charge is 0.330 e. The van der Waals surface area contributed by atoms with E-state index in [1.165, 1.54) is 5.56 Å². The Bertz CT molecular complexity index is 239.